The average Bonchev–Trinajstić information content (AvgIpc) is 2.25. The predicted molar refractivity (Wildman–Crippen MR) is 54.5 cm³/mol. The van der Waals surface area contributed by atoms with E-state index in [1.165, 1.54) is 0 Å². The number of nitrogens with two attached hydrogens (primary N) is 1. The van der Waals surface area contributed by atoms with Crippen molar-refractivity contribution in [3.63, 3.8) is 0 Å². The van der Waals surface area contributed by atoms with Crippen molar-refractivity contribution in [1.82, 2.24) is 0 Å². The molecule has 1 aromatic rings. The highest BCUT2D eigenvalue weighted by Gasteiger charge is 1.94. The van der Waals surface area contributed by atoms with Crippen LogP contribution < -0.4 is 10.5 Å². The van der Waals surface area contributed by atoms with Crippen molar-refractivity contribution in [2.24, 2.45) is 10.7 Å². The number of benzene rings is 1. The number of carbonyl (C=O) groups is 1. The molecule has 0 aliphatic rings. The van der Waals surface area contributed by atoms with Gasteiger partial charge < -0.3 is 15.3 Å². The molecule has 0 atom stereocenters. The Morgan fingerprint density at radius 1 is 1.43 bits per heavy atom. The van der Waals surface area contributed by atoms with Crippen molar-refractivity contribution in [1.29, 1.82) is 0 Å². The normalized spacial score (nSPS) is 11.0. The summed E-state index contributed by atoms with van der Waals surface area (Å²) in [5.74, 6) is 1.05. The van der Waals surface area contributed by atoms with Crippen LogP contribution in [0.4, 0.5) is 0 Å². The minimum Gasteiger partial charge on any atom is -0.486 e. The molecule has 0 aromatic heterocycles. The maximum absolute atomic E-state index is 9.98. The van der Waals surface area contributed by atoms with Gasteiger partial charge in [0.15, 0.2) is 0 Å². The zero-order valence-corrected chi connectivity index (χ0v) is 7.72. The van der Waals surface area contributed by atoms with Gasteiger partial charge in [-0.3, -0.25) is 4.99 Å². The third-order valence-corrected chi connectivity index (χ3v) is 1.50. The number of hydrogen-bond donors (Lipinski definition) is 1. The Morgan fingerprint density at radius 2 is 2.14 bits per heavy atom. The van der Waals surface area contributed by atoms with Gasteiger partial charge >= 0.3 is 0 Å². The van der Waals surface area contributed by atoms with Gasteiger partial charge in [-0.15, -0.1) is 0 Å². The molecule has 0 aliphatic carbocycles. The first-order chi connectivity index (χ1) is 6.83. The number of rotatable bonds is 5. The van der Waals surface area contributed by atoms with Crippen molar-refractivity contribution >= 4 is 12.1 Å². The van der Waals surface area contributed by atoms with Crippen LogP contribution in [0.5, 0.6) is 5.75 Å². The number of amidine groups is 1. The summed E-state index contributed by atoms with van der Waals surface area (Å²) >= 11 is 0. The van der Waals surface area contributed by atoms with Crippen LogP contribution in [-0.4, -0.2) is 25.3 Å². The van der Waals surface area contributed by atoms with E-state index < -0.39 is 0 Å². The van der Waals surface area contributed by atoms with Gasteiger partial charge in [-0.05, 0) is 12.1 Å². The second-order valence-corrected chi connectivity index (χ2v) is 2.60. The van der Waals surface area contributed by atoms with E-state index in [-0.39, 0.29) is 13.2 Å². The van der Waals surface area contributed by atoms with Crippen LogP contribution in [-0.2, 0) is 4.79 Å². The maximum Gasteiger partial charge on any atom is 0.145 e. The summed E-state index contributed by atoms with van der Waals surface area (Å²) < 4.78 is 5.29. The lowest BCUT2D eigenvalue weighted by Crippen LogP contribution is -2.21. The molecule has 0 heterocycles. The summed E-state index contributed by atoms with van der Waals surface area (Å²) in [4.78, 5) is 13.7. The summed E-state index contributed by atoms with van der Waals surface area (Å²) in [5.41, 5.74) is 5.47. The Kier molecular flexibility index (Phi) is 4.20. The second kappa shape index (κ2) is 5.75. The molecule has 0 amide bonds. The van der Waals surface area contributed by atoms with E-state index in [2.05, 4.69) is 4.99 Å². The Bertz CT molecular complexity index is 309. The number of aliphatic imine (C=N–C) groups is 1. The molecule has 0 unspecified atom stereocenters. The summed E-state index contributed by atoms with van der Waals surface area (Å²) in [6.07, 6.45) is 0.690. The standard InChI is InChI=1S/C10H12N2O2/c11-10(12-6-7-13)8-14-9-4-2-1-3-5-9/h1-5,7H,6,8H2,(H2,11,12). The molecule has 14 heavy (non-hydrogen) atoms. The first-order valence-electron chi connectivity index (χ1n) is 4.23. The average molecular weight is 192 g/mol. The molecule has 4 heteroatoms. The Hall–Kier alpha value is -1.84. The van der Waals surface area contributed by atoms with Crippen molar-refractivity contribution in [3.8, 4) is 5.75 Å². The summed E-state index contributed by atoms with van der Waals surface area (Å²) in [6, 6.07) is 9.29. The molecule has 0 saturated carbocycles. The van der Waals surface area contributed by atoms with Crippen LogP contribution in [0.3, 0.4) is 0 Å². The van der Waals surface area contributed by atoms with Gasteiger partial charge in [0.2, 0.25) is 0 Å². The molecule has 1 rings (SSSR count). The quantitative estimate of drug-likeness (QED) is 0.422. The van der Waals surface area contributed by atoms with E-state index in [1.54, 1.807) is 0 Å². The molecule has 0 aliphatic heterocycles. The van der Waals surface area contributed by atoms with Gasteiger partial charge in [0.1, 0.15) is 24.5 Å². The molecular formula is C10H12N2O2. The highest BCUT2D eigenvalue weighted by molar-refractivity contribution is 5.82. The van der Waals surface area contributed by atoms with Crippen LogP contribution in [0.25, 0.3) is 0 Å². The van der Waals surface area contributed by atoms with E-state index in [9.17, 15) is 4.79 Å². The number of hydrogen-bond acceptors (Lipinski definition) is 3. The fourth-order valence-corrected chi connectivity index (χ4v) is 0.874. The van der Waals surface area contributed by atoms with Gasteiger partial charge in [0.25, 0.3) is 0 Å². The molecular weight excluding hydrogens is 180 g/mol. The highest BCUT2D eigenvalue weighted by Crippen LogP contribution is 2.07. The molecule has 2 N–H and O–H groups in total. The van der Waals surface area contributed by atoms with Gasteiger partial charge in [-0.2, -0.15) is 0 Å². The zero-order valence-electron chi connectivity index (χ0n) is 7.72. The predicted octanol–water partition coefficient (Wildman–Crippen LogP) is 0.621. The first-order valence-corrected chi connectivity index (χ1v) is 4.23. The first kappa shape index (κ1) is 10.2. The van der Waals surface area contributed by atoms with E-state index in [1.807, 2.05) is 30.3 Å². The van der Waals surface area contributed by atoms with Gasteiger partial charge in [0, 0.05) is 0 Å². The van der Waals surface area contributed by atoms with Gasteiger partial charge in [-0.25, -0.2) is 0 Å². The third-order valence-electron chi connectivity index (χ3n) is 1.50. The molecule has 0 fully saturated rings. The second-order valence-electron chi connectivity index (χ2n) is 2.60. The van der Waals surface area contributed by atoms with Gasteiger partial charge in [0.05, 0.1) is 6.54 Å². The number of para-hydroxylation sites is 1. The summed E-state index contributed by atoms with van der Waals surface area (Å²) in [6.45, 7) is 0.293. The van der Waals surface area contributed by atoms with E-state index in [0.717, 1.165) is 5.75 Å². The lowest BCUT2D eigenvalue weighted by atomic mass is 10.3. The number of aldehydes is 1. The number of carbonyl (C=O) groups excluding carboxylic acids is 1. The molecule has 4 nitrogen and oxygen atoms in total. The Labute approximate surface area is 82.4 Å². The van der Waals surface area contributed by atoms with Crippen molar-refractivity contribution in [2.75, 3.05) is 13.2 Å². The van der Waals surface area contributed by atoms with Gasteiger partial charge in [-0.1, -0.05) is 18.2 Å². The molecule has 74 valence electrons. The lowest BCUT2D eigenvalue weighted by molar-refractivity contribution is -0.106. The highest BCUT2D eigenvalue weighted by atomic mass is 16.5. The Balaban J connectivity index is 2.37. The third kappa shape index (κ3) is 3.71. The van der Waals surface area contributed by atoms with Crippen LogP contribution in [0.1, 0.15) is 0 Å². The van der Waals surface area contributed by atoms with Crippen molar-refractivity contribution in [3.05, 3.63) is 30.3 Å². The van der Waals surface area contributed by atoms with E-state index in [0.29, 0.717) is 12.1 Å². The monoisotopic (exact) mass is 192 g/mol. The molecule has 0 radical (unpaired) electrons. The fourth-order valence-electron chi connectivity index (χ4n) is 0.874. The fraction of sp³-hybridized carbons (Fsp3) is 0.200. The summed E-state index contributed by atoms with van der Waals surface area (Å²) in [5, 5.41) is 0. The molecule has 1 aromatic carbocycles. The van der Waals surface area contributed by atoms with E-state index >= 15 is 0 Å². The van der Waals surface area contributed by atoms with Crippen LogP contribution >= 0.6 is 0 Å². The SMILES string of the molecule is NC(COc1ccccc1)=NCC=O. The number of nitrogens with zero attached hydrogens (tertiary/aromatic N) is 1. The minimum absolute atomic E-state index is 0.0873. The van der Waals surface area contributed by atoms with Crippen molar-refractivity contribution < 1.29 is 9.53 Å². The summed E-state index contributed by atoms with van der Waals surface area (Å²) in [7, 11) is 0. The smallest absolute Gasteiger partial charge is 0.145 e. The van der Waals surface area contributed by atoms with Crippen molar-refractivity contribution in [2.45, 2.75) is 0 Å². The maximum atomic E-state index is 9.98. The number of ether oxygens (including phenoxy) is 1. The largest absolute Gasteiger partial charge is 0.486 e. The zero-order chi connectivity index (χ0) is 10.2. The minimum atomic E-state index is 0.0873. The molecule has 0 spiro atoms. The van der Waals surface area contributed by atoms with Crippen LogP contribution in [0, 0.1) is 0 Å². The Morgan fingerprint density at radius 3 is 2.79 bits per heavy atom. The van der Waals surface area contributed by atoms with E-state index in [4.69, 9.17) is 10.5 Å². The van der Waals surface area contributed by atoms with Crippen LogP contribution in [0.15, 0.2) is 35.3 Å². The van der Waals surface area contributed by atoms with Crippen LogP contribution in [0.2, 0.25) is 0 Å². The molecule has 0 saturated heterocycles. The molecule has 0 bridgehead atoms. The lowest BCUT2D eigenvalue weighted by Gasteiger charge is -2.04. The topological polar surface area (TPSA) is 64.7 Å².